The van der Waals surface area contributed by atoms with E-state index in [0.717, 1.165) is 111 Å². The predicted octanol–water partition coefficient (Wildman–Crippen LogP) is 17.0. The van der Waals surface area contributed by atoms with Gasteiger partial charge in [-0.2, -0.15) is 0 Å². The number of aliphatic imine (C=N–C) groups is 1. The van der Waals surface area contributed by atoms with E-state index in [1.165, 1.54) is 49.1 Å². The zero-order valence-electron chi connectivity index (χ0n) is 58.4. The number of fused-ring (bicyclic) bond motifs is 13. The zero-order valence-corrected chi connectivity index (χ0v) is 56.2. The van der Waals surface area contributed by atoms with Crippen LogP contribution in [0.2, 0.25) is 0 Å². The fraction of sp³-hybridized carbons (Fsp3) is 0.307. The largest absolute Gasteiger partial charge is 0.455 e. The Balaban J connectivity index is 0.000000111. The lowest BCUT2D eigenvalue weighted by Gasteiger charge is -2.28. The summed E-state index contributed by atoms with van der Waals surface area (Å²) in [5, 5.41) is 6.76. The van der Waals surface area contributed by atoms with E-state index in [1.807, 2.05) is 57.0 Å². The molecule has 17 rings (SSSR count). The number of benzene rings is 6. The van der Waals surface area contributed by atoms with Gasteiger partial charge in [-0.05, 0) is 139 Å². The Morgan fingerprint density at radius 3 is 1.91 bits per heavy atom. The van der Waals surface area contributed by atoms with Crippen LogP contribution in [0.25, 0.3) is 86.7 Å². The Labute approximate surface area is 545 Å². The summed E-state index contributed by atoms with van der Waals surface area (Å²) in [6, 6.07) is 29.8. The van der Waals surface area contributed by atoms with Crippen molar-refractivity contribution in [3.63, 3.8) is 0 Å². The monoisotopic (exact) mass is 1250 g/mol. The van der Waals surface area contributed by atoms with Gasteiger partial charge in [0.2, 0.25) is 16.3 Å². The molecular weight excluding hydrogens is 1170 g/mol. The van der Waals surface area contributed by atoms with Crippen molar-refractivity contribution in [1.29, 1.82) is 0 Å². The molecule has 92 heavy (non-hydrogen) atoms. The molecule has 0 saturated carbocycles. The summed E-state index contributed by atoms with van der Waals surface area (Å²) in [4.78, 5) is 28.0. The van der Waals surface area contributed by atoms with E-state index < -0.39 is 6.85 Å². The fourth-order valence-corrected chi connectivity index (χ4v) is 14.6. The molecule has 0 amide bonds. The molecule has 16 nitrogen and oxygen atoms in total. The lowest BCUT2D eigenvalue weighted by molar-refractivity contribution is -0.660. The van der Waals surface area contributed by atoms with Gasteiger partial charge in [0.1, 0.15) is 59.3 Å². The maximum absolute atomic E-state index is 7.82. The van der Waals surface area contributed by atoms with E-state index in [4.69, 9.17) is 26.8 Å². The van der Waals surface area contributed by atoms with Crippen LogP contribution in [0.5, 0.6) is 5.75 Å². The van der Waals surface area contributed by atoms with E-state index in [9.17, 15) is 0 Å². The van der Waals surface area contributed by atoms with E-state index in [0.29, 0.717) is 23.8 Å². The second-order valence-corrected chi connectivity index (χ2v) is 26.3. The second kappa shape index (κ2) is 22.6. The number of hydrogen-bond donors (Lipinski definition) is 0. The average molecular weight is 1250 g/mol. The van der Waals surface area contributed by atoms with Crippen molar-refractivity contribution in [2.24, 2.45) is 19.1 Å². The van der Waals surface area contributed by atoms with Crippen LogP contribution in [0.1, 0.15) is 94.1 Å². The SMILES string of the molecule is CC1=NC2c3cc(C)c(N4C=CN(C)[C@@H]4C)cc3OC2O1.Cc1ccc2c(oc3c2nc(C)n3C)c1N1C=CN(C)[C@@H]1C.Cc1nc2c(o1)sc1c(N3C=CN(C)[C@@H]3C)c(C)ccc12.[2H]C([2H])([2H])c1c[n+](C)c(-c2c(C)ccc3c2oc2cc4ccc(C)cc4cc23)cc1C. The minimum atomic E-state index is -2.14. The number of anilines is 3. The van der Waals surface area contributed by atoms with Crippen LogP contribution in [-0.2, 0) is 18.8 Å². The first-order valence-corrected chi connectivity index (χ1v) is 32.1. The molecule has 0 fully saturated rings. The number of imidazole rings is 1. The number of furan rings is 2. The van der Waals surface area contributed by atoms with Crippen molar-refractivity contribution >= 4 is 110 Å². The van der Waals surface area contributed by atoms with Crippen LogP contribution in [0.15, 0.2) is 147 Å². The third kappa shape index (κ3) is 9.94. The van der Waals surface area contributed by atoms with E-state index in [-0.39, 0.29) is 18.5 Å². The van der Waals surface area contributed by atoms with Crippen LogP contribution >= 0.6 is 11.3 Å². The molecule has 5 aliphatic rings. The molecule has 0 spiro atoms. The normalized spacial score (nSPS) is 19.5. The van der Waals surface area contributed by atoms with Crippen LogP contribution in [0.3, 0.4) is 0 Å². The summed E-state index contributed by atoms with van der Waals surface area (Å²) in [6.07, 6.45) is 15.0. The number of ether oxygens (including phenoxy) is 2. The molecule has 2 unspecified atom stereocenters. The molecule has 0 saturated heterocycles. The Morgan fingerprint density at radius 2 is 1.22 bits per heavy atom. The zero-order chi connectivity index (χ0) is 67.1. The number of pyridine rings is 1. The first-order valence-electron chi connectivity index (χ1n) is 32.8. The van der Waals surface area contributed by atoms with Crippen molar-refractivity contribution in [1.82, 2.24) is 29.2 Å². The summed E-state index contributed by atoms with van der Waals surface area (Å²) in [6.45, 7) is 22.6. The summed E-state index contributed by atoms with van der Waals surface area (Å²) < 4.78 is 58.5. The van der Waals surface area contributed by atoms with Crippen molar-refractivity contribution in [2.75, 3.05) is 35.8 Å². The maximum atomic E-state index is 7.82. The summed E-state index contributed by atoms with van der Waals surface area (Å²) in [5.41, 5.74) is 19.1. The molecule has 0 N–H and O–H groups in total. The van der Waals surface area contributed by atoms with E-state index >= 15 is 0 Å². The molecule has 6 aromatic heterocycles. The lowest BCUT2D eigenvalue weighted by Crippen LogP contribution is -2.33. The quantitative estimate of drug-likeness (QED) is 0.155. The number of aryl methyl sites for hydroxylation is 11. The summed E-state index contributed by atoms with van der Waals surface area (Å²) in [5.74, 6) is 3.29. The molecule has 11 heterocycles. The van der Waals surface area contributed by atoms with Gasteiger partial charge in [0.25, 0.3) is 6.29 Å². The van der Waals surface area contributed by atoms with Crippen LogP contribution in [-0.4, -0.2) is 81.1 Å². The number of rotatable bonds is 4. The highest BCUT2D eigenvalue weighted by molar-refractivity contribution is 7.25. The molecule has 0 radical (unpaired) electrons. The van der Waals surface area contributed by atoms with Gasteiger partial charge in [0.05, 0.1) is 27.0 Å². The topological polar surface area (TPSA) is 124 Å². The van der Waals surface area contributed by atoms with Gasteiger partial charge in [-0.3, -0.25) is 0 Å². The lowest BCUT2D eigenvalue weighted by atomic mass is 9.98. The third-order valence-corrected chi connectivity index (χ3v) is 20.2. The van der Waals surface area contributed by atoms with Crippen molar-refractivity contribution in [3.05, 3.63) is 185 Å². The molecule has 6 aromatic carbocycles. The van der Waals surface area contributed by atoms with Gasteiger partial charge >= 0.3 is 0 Å². The molecule has 12 aromatic rings. The van der Waals surface area contributed by atoms with Gasteiger partial charge in [-0.1, -0.05) is 65.4 Å². The number of nitrogens with zero attached hydrogens (tertiary/aromatic N) is 11. The van der Waals surface area contributed by atoms with Gasteiger partial charge in [-0.25, -0.2) is 19.5 Å². The number of thiophene rings is 1. The smallest absolute Gasteiger partial charge is 0.268 e. The predicted molar refractivity (Wildman–Crippen MR) is 375 cm³/mol. The minimum Gasteiger partial charge on any atom is -0.455 e. The molecule has 0 bridgehead atoms. The van der Waals surface area contributed by atoms with Gasteiger partial charge in [0.15, 0.2) is 29.6 Å². The number of oxazole rings is 1. The minimum absolute atomic E-state index is 0.0121. The van der Waals surface area contributed by atoms with Gasteiger partial charge < -0.3 is 56.7 Å². The first-order chi connectivity index (χ1) is 45.2. The Hall–Kier alpha value is -9.74. The van der Waals surface area contributed by atoms with Gasteiger partial charge in [0, 0.05) is 128 Å². The highest BCUT2D eigenvalue weighted by Gasteiger charge is 2.41. The molecule has 470 valence electrons. The number of aromatic nitrogens is 4. The molecule has 0 aliphatic carbocycles. The molecule has 5 aliphatic heterocycles. The van der Waals surface area contributed by atoms with Crippen molar-refractivity contribution < 1.29 is 31.4 Å². The summed E-state index contributed by atoms with van der Waals surface area (Å²) in [7, 11) is 10.1. The Kier molecular flexibility index (Phi) is 13.8. The first kappa shape index (κ1) is 56.3. The summed E-state index contributed by atoms with van der Waals surface area (Å²) >= 11 is 1.69. The number of hydrogen-bond acceptors (Lipinski definition) is 15. The van der Waals surface area contributed by atoms with Crippen LogP contribution in [0.4, 0.5) is 17.1 Å². The molecule has 17 heteroatoms. The molecule has 5 atom stereocenters. The highest BCUT2D eigenvalue weighted by atomic mass is 32.1. The maximum Gasteiger partial charge on any atom is 0.268 e. The Bertz CT molecular complexity index is 5240. The van der Waals surface area contributed by atoms with E-state index in [1.54, 1.807) is 17.5 Å². The van der Waals surface area contributed by atoms with Crippen LogP contribution < -0.4 is 24.0 Å². The second-order valence-electron chi connectivity index (χ2n) is 25.3. The third-order valence-electron chi connectivity index (χ3n) is 19.2. The highest BCUT2D eigenvalue weighted by Crippen LogP contribution is 2.48. The van der Waals surface area contributed by atoms with Crippen molar-refractivity contribution in [2.45, 2.75) is 121 Å². The van der Waals surface area contributed by atoms with Gasteiger partial charge in [-0.15, -0.1) is 0 Å². The van der Waals surface area contributed by atoms with Crippen molar-refractivity contribution in [3.8, 4) is 17.0 Å². The Morgan fingerprint density at radius 1 is 0.554 bits per heavy atom. The molecular formula is C75H80N11O5S+. The van der Waals surface area contributed by atoms with Crippen LogP contribution in [0, 0.1) is 62.2 Å². The standard InChI is InChI=1S/C26H24NO.C17H20N4O.C16H19N3O2.C16H17N3OS/c1-15-6-8-19-13-24-22(12-20(19)10-15)21-9-7-16(2)25(26(21)28-24)23-11-17(3)18(4)14-27(23)5;1-10-6-7-13-14-17(20(5)11(2)18-14)22-16(13)15(10)21-9-8-19(4)12(21)3;1-9-7-12-14(21-16-15(12)17-10(2)20-16)8-13(9)19-6-5-18(4)11(19)3;1-9-5-6-12-13-16(20-10(2)17-13)21-15(12)14(9)19-8-7-18(4)11(19)3/h6-14H,1-5H3;6-9,12H,1-5H3;5-8,11,15-16H,1-4H3;5-8,11H,1-4H3/q+1;;;/t;12-;11-,15?,16?;11-/m.000/s1/i4D3;;;. The van der Waals surface area contributed by atoms with E-state index in [2.05, 4.69) is 237 Å². The fourth-order valence-electron chi connectivity index (χ4n) is 13.3. The average Bonchev–Trinajstić information content (AvgIpc) is 1.64.